The average Bonchev–Trinajstić information content (AvgIpc) is 3.29. The summed E-state index contributed by atoms with van der Waals surface area (Å²) in [7, 11) is 0. The van der Waals surface area contributed by atoms with E-state index in [0.717, 1.165) is 31.4 Å². The predicted octanol–water partition coefficient (Wildman–Crippen LogP) is 2.24. The van der Waals surface area contributed by atoms with Gasteiger partial charge in [0.2, 0.25) is 11.8 Å². The number of nitrogens with zero attached hydrogens (tertiary/aromatic N) is 1. The zero-order valence-corrected chi connectivity index (χ0v) is 15.3. The minimum Gasteiger partial charge on any atom is -0.376 e. The van der Waals surface area contributed by atoms with Crippen molar-refractivity contribution < 1.29 is 14.3 Å². The molecule has 6 heteroatoms. The van der Waals surface area contributed by atoms with Gasteiger partial charge >= 0.3 is 0 Å². The number of hydrogen-bond donors (Lipinski definition) is 2. The SMILES string of the molecule is CC(=O)N(CCC(=O)NCC1CCCO1)CCc1c[nH]c2ccccc12. The van der Waals surface area contributed by atoms with E-state index < -0.39 is 0 Å². The number of aromatic amines is 1. The highest BCUT2D eigenvalue weighted by molar-refractivity contribution is 5.83. The number of fused-ring (bicyclic) bond motifs is 1. The highest BCUT2D eigenvalue weighted by atomic mass is 16.5. The van der Waals surface area contributed by atoms with Gasteiger partial charge in [0.25, 0.3) is 0 Å². The second-order valence-corrected chi connectivity index (χ2v) is 6.80. The quantitative estimate of drug-likeness (QED) is 0.761. The summed E-state index contributed by atoms with van der Waals surface area (Å²) in [6, 6.07) is 8.14. The molecule has 1 aromatic heterocycles. The van der Waals surface area contributed by atoms with Crippen LogP contribution in [0.25, 0.3) is 10.9 Å². The lowest BCUT2D eigenvalue weighted by Gasteiger charge is -2.21. The maximum absolute atomic E-state index is 12.0. The Bertz CT molecular complexity index is 750. The summed E-state index contributed by atoms with van der Waals surface area (Å²) >= 11 is 0. The second-order valence-electron chi connectivity index (χ2n) is 6.80. The van der Waals surface area contributed by atoms with Crippen LogP contribution in [0.15, 0.2) is 30.5 Å². The number of aromatic nitrogens is 1. The normalized spacial score (nSPS) is 16.7. The number of nitrogens with one attached hydrogen (secondary N) is 2. The third kappa shape index (κ3) is 4.85. The Labute approximate surface area is 153 Å². The van der Waals surface area contributed by atoms with Crippen molar-refractivity contribution >= 4 is 22.7 Å². The molecule has 0 aliphatic carbocycles. The Hall–Kier alpha value is -2.34. The zero-order chi connectivity index (χ0) is 18.4. The Morgan fingerprint density at radius 2 is 2.15 bits per heavy atom. The van der Waals surface area contributed by atoms with Crippen LogP contribution in [0.2, 0.25) is 0 Å². The van der Waals surface area contributed by atoms with Gasteiger partial charge in [-0.25, -0.2) is 0 Å². The monoisotopic (exact) mass is 357 g/mol. The van der Waals surface area contributed by atoms with E-state index in [-0.39, 0.29) is 17.9 Å². The standard InChI is InChI=1S/C20H27N3O3/c1-15(24)23(11-9-20(25)22-14-17-5-4-12-26-17)10-8-16-13-21-19-7-3-2-6-18(16)19/h2-3,6-7,13,17,21H,4-5,8-12,14H2,1H3,(H,22,25). The van der Waals surface area contributed by atoms with Gasteiger partial charge in [0.1, 0.15) is 0 Å². The van der Waals surface area contributed by atoms with E-state index in [1.165, 1.54) is 10.9 Å². The summed E-state index contributed by atoms with van der Waals surface area (Å²) in [5.74, 6) is -0.0318. The number of carbonyl (C=O) groups excluding carboxylic acids is 2. The molecule has 2 aromatic rings. The van der Waals surface area contributed by atoms with E-state index in [9.17, 15) is 9.59 Å². The fourth-order valence-corrected chi connectivity index (χ4v) is 3.38. The number of amides is 2. The van der Waals surface area contributed by atoms with Gasteiger partial charge in [-0.2, -0.15) is 0 Å². The number of carbonyl (C=O) groups is 2. The molecule has 2 amide bonds. The van der Waals surface area contributed by atoms with Crippen molar-refractivity contribution in [2.75, 3.05) is 26.2 Å². The number of ether oxygens (including phenoxy) is 1. The molecular weight excluding hydrogens is 330 g/mol. The lowest BCUT2D eigenvalue weighted by Crippen LogP contribution is -2.37. The van der Waals surface area contributed by atoms with E-state index in [1.54, 1.807) is 11.8 Å². The van der Waals surface area contributed by atoms with Gasteiger partial charge in [-0.3, -0.25) is 9.59 Å². The van der Waals surface area contributed by atoms with Crippen LogP contribution in [0.5, 0.6) is 0 Å². The molecule has 1 aliphatic rings. The zero-order valence-electron chi connectivity index (χ0n) is 15.3. The van der Waals surface area contributed by atoms with Crippen LogP contribution in [0.3, 0.4) is 0 Å². The first kappa shape index (κ1) is 18.5. The van der Waals surface area contributed by atoms with Crippen molar-refractivity contribution in [3.63, 3.8) is 0 Å². The van der Waals surface area contributed by atoms with Crippen LogP contribution in [0, 0.1) is 0 Å². The summed E-state index contributed by atoms with van der Waals surface area (Å²) in [6.45, 7) is 3.95. The van der Waals surface area contributed by atoms with Crippen molar-refractivity contribution in [1.29, 1.82) is 0 Å². The molecule has 3 rings (SSSR count). The third-order valence-electron chi connectivity index (χ3n) is 4.93. The second kappa shape index (κ2) is 8.85. The summed E-state index contributed by atoms with van der Waals surface area (Å²) in [4.78, 5) is 28.9. The summed E-state index contributed by atoms with van der Waals surface area (Å²) in [5.41, 5.74) is 2.29. The molecule has 0 spiro atoms. The van der Waals surface area contributed by atoms with Gasteiger partial charge in [-0.1, -0.05) is 18.2 Å². The van der Waals surface area contributed by atoms with Gasteiger partial charge in [-0.05, 0) is 30.9 Å². The van der Waals surface area contributed by atoms with Crippen LogP contribution in [0.4, 0.5) is 0 Å². The van der Waals surface area contributed by atoms with Crippen molar-refractivity contribution in [3.05, 3.63) is 36.0 Å². The van der Waals surface area contributed by atoms with Crippen LogP contribution < -0.4 is 5.32 Å². The Kier molecular flexibility index (Phi) is 6.28. The largest absolute Gasteiger partial charge is 0.376 e. The maximum Gasteiger partial charge on any atom is 0.221 e. The van der Waals surface area contributed by atoms with E-state index in [4.69, 9.17) is 4.74 Å². The van der Waals surface area contributed by atoms with Gasteiger partial charge < -0.3 is 19.9 Å². The van der Waals surface area contributed by atoms with E-state index in [2.05, 4.69) is 16.4 Å². The van der Waals surface area contributed by atoms with Crippen molar-refractivity contribution in [2.45, 2.75) is 38.7 Å². The fourth-order valence-electron chi connectivity index (χ4n) is 3.38. The van der Waals surface area contributed by atoms with Gasteiger partial charge in [0.15, 0.2) is 0 Å². The maximum atomic E-state index is 12.0. The van der Waals surface area contributed by atoms with Crippen molar-refractivity contribution in [3.8, 4) is 0 Å². The van der Waals surface area contributed by atoms with Crippen LogP contribution in [0.1, 0.15) is 31.7 Å². The number of benzene rings is 1. The Morgan fingerprint density at radius 3 is 2.92 bits per heavy atom. The first-order chi connectivity index (χ1) is 12.6. The molecule has 1 aromatic carbocycles. The fraction of sp³-hybridized carbons (Fsp3) is 0.500. The van der Waals surface area contributed by atoms with Gasteiger partial charge in [-0.15, -0.1) is 0 Å². The molecule has 0 saturated carbocycles. The first-order valence-corrected chi connectivity index (χ1v) is 9.32. The smallest absolute Gasteiger partial charge is 0.221 e. The van der Waals surface area contributed by atoms with E-state index in [1.807, 2.05) is 24.4 Å². The summed E-state index contributed by atoms with van der Waals surface area (Å²) in [6.07, 6.45) is 5.29. The molecular formula is C20H27N3O3. The minimum atomic E-state index is -0.0288. The van der Waals surface area contributed by atoms with Gasteiger partial charge in [0, 0.05) is 56.7 Å². The van der Waals surface area contributed by atoms with Crippen LogP contribution in [-0.4, -0.2) is 54.0 Å². The van der Waals surface area contributed by atoms with Crippen molar-refractivity contribution in [1.82, 2.24) is 15.2 Å². The van der Waals surface area contributed by atoms with E-state index in [0.29, 0.717) is 26.1 Å². The summed E-state index contributed by atoms with van der Waals surface area (Å²) in [5, 5.41) is 4.09. The Balaban J connectivity index is 1.46. The number of rotatable bonds is 8. The highest BCUT2D eigenvalue weighted by Gasteiger charge is 2.17. The molecule has 0 bridgehead atoms. The van der Waals surface area contributed by atoms with Crippen LogP contribution >= 0.6 is 0 Å². The molecule has 1 atom stereocenters. The van der Waals surface area contributed by atoms with E-state index >= 15 is 0 Å². The predicted molar refractivity (Wildman–Crippen MR) is 101 cm³/mol. The lowest BCUT2D eigenvalue weighted by molar-refractivity contribution is -0.129. The highest BCUT2D eigenvalue weighted by Crippen LogP contribution is 2.18. The average molecular weight is 357 g/mol. The third-order valence-corrected chi connectivity index (χ3v) is 4.93. The molecule has 1 aliphatic heterocycles. The summed E-state index contributed by atoms with van der Waals surface area (Å²) < 4.78 is 5.50. The molecule has 1 fully saturated rings. The number of H-pyrrole nitrogens is 1. The molecule has 1 saturated heterocycles. The number of hydrogen-bond acceptors (Lipinski definition) is 3. The Morgan fingerprint density at radius 1 is 1.31 bits per heavy atom. The first-order valence-electron chi connectivity index (χ1n) is 9.32. The molecule has 6 nitrogen and oxygen atoms in total. The van der Waals surface area contributed by atoms with Crippen molar-refractivity contribution in [2.24, 2.45) is 0 Å². The molecule has 2 N–H and O–H groups in total. The van der Waals surface area contributed by atoms with Gasteiger partial charge in [0.05, 0.1) is 6.10 Å². The molecule has 140 valence electrons. The van der Waals surface area contributed by atoms with Crippen LogP contribution in [-0.2, 0) is 20.7 Å². The topological polar surface area (TPSA) is 74.4 Å². The molecule has 1 unspecified atom stereocenters. The molecule has 0 radical (unpaired) electrons. The minimum absolute atomic E-state index is 0.00299. The number of para-hydroxylation sites is 1. The molecule has 26 heavy (non-hydrogen) atoms. The molecule has 2 heterocycles. The lowest BCUT2D eigenvalue weighted by atomic mass is 10.1.